The summed E-state index contributed by atoms with van der Waals surface area (Å²) < 4.78 is 1.16. The van der Waals surface area contributed by atoms with E-state index in [1.54, 1.807) is 0 Å². The van der Waals surface area contributed by atoms with Crippen molar-refractivity contribution in [2.75, 3.05) is 0 Å². The fourth-order valence-corrected chi connectivity index (χ4v) is 2.61. The van der Waals surface area contributed by atoms with Crippen LogP contribution in [0.2, 0.25) is 0 Å². The van der Waals surface area contributed by atoms with E-state index < -0.39 is 0 Å². The molecule has 0 heterocycles. The summed E-state index contributed by atoms with van der Waals surface area (Å²) in [6.07, 6.45) is 6.25. The maximum absolute atomic E-state index is 5.90. The van der Waals surface area contributed by atoms with Gasteiger partial charge in [0, 0.05) is 10.5 Å². The zero-order valence-corrected chi connectivity index (χ0v) is 10.5. The van der Waals surface area contributed by atoms with Gasteiger partial charge in [0.2, 0.25) is 0 Å². The van der Waals surface area contributed by atoms with Gasteiger partial charge >= 0.3 is 0 Å². The molecule has 1 aromatic rings. The van der Waals surface area contributed by atoms with E-state index >= 15 is 0 Å². The third-order valence-corrected chi connectivity index (χ3v) is 3.86. The third-order valence-electron chi connectivity index (χ3n) is 3.33. The van der Waals surface area contributed by atoms with Crippen molar-refractivity contribution in [1.29, 1.82) is 0 Å². The average molecular weight is 268 g/mol. The minimum Gasteiger partial charge on any atom is -0.328 e. The van der Waals surface area contributed by atoms with Crippen LogP contribution in [-0.2, 0) is 6.42 Å². The predicted octanol–water partition coefficient (Wildman–Crippen LogP) is 3.51. The van der Waals surface area contributed by atoms with Crippen LogP contribution in [0.5, 0.6) is 0 Å². The fourth-order valence-electron chi connectivity index (χ4n) is 2.35. The first-order chi connectivity index (χ1) is 7.24. The zero-order valence-electron chi connectivity index (χ0n) is 8.95. The van der Waals surface area contributed by atoms with E-state index in [1.165, 1.54) is 37.7 Å². The van der Waals surface area contributed by atoms with Crippen molar-refractivity contribution in [3.63, 3.8) is 0 Å². The Morgan fingerprint density at radius 2 is 1.67 bits per heavy atom. The van der Waals surface area contributed by atoms with E-state index in [4.69, 9.17) is 5.73 Å². The number of hydrogen-bond donors (Lipinski definition) is 1. The van der Waals surface area contributed by atoms with Crippen LogP contribution >= 0.6 is 15.9 Å². The Bertz CT molecular complexity index is 299. The molecule has 0 aliphatic heterocycles. The quantitative estimate of drug-likeness (QED) is 0.872. The van der Waals surface area contributed by atoms with Gasteiger partial charge in [0.15, 0.2) is 0 Å². The van der Waals surface area contributed by atoms with Crippen LogP contribution in [-0.4, -0.2) is 6.04 Å². The standard InChI is InChI=1S/C13H18BrN/c14-12-5-1-10(2-6-12)9-11-3-7-13(15)8-4-11/h1-2,5-6,11,13H,3-4,7-9,15H2. The smallest absolute Gasteiger partial charge is 0.0175 e. The van der Waals surface area contributed by atoms with Gasteiger partial charge in [-0.2, -0.15) is 0 Å². The van der Waals surface area contributed by atoms with Crippen LogP contribution in [0.4, 0.5) is 0 Å². The van der Waals surface area contributed by atoms with Crippen LogP contribution in [0.25, 0.3) is 0 Å². The zero-order chi connectivity index (χ0) is 10.7. The molecule has 1 aliphatic carbocycles. The molecule has 1 saturated carbocycles. The Kier molecular flexibility index (Phi) is 3.81. The van der Waals surface area contributed by atoms with E-state index in [-0.39, 0.29) is 0 Å². The van der Waals surface area contributed by atoms with E-state index in [1.807, 2.05) is 0 Å². The first-order valence-corrected chi connectivity index (χ1v) is 6.53. The third kappa shape index (κ3) is 3.32. The molecular weight excluding hydrogens is 250 g/mol. The first-order valence-electron chi connectivity index (χ1n) is 5.74. The summed E-state index contributed by atoms with van der Waals surface area (Å²) in [4.78, 5) is 0. The maximum Gasteiger partial charge on any atom is 0.0175 e. The molecule has 1 nitrogen and oxygen atoms in total. The molecule has 2 rings (SSSR count). The second-order valence-electron chi connectivity index (χ2n) is 4.61. The van der Waals surface area contributed by atoms with Crippen molar-refractivity contribution in [1.82, 2.24) is 0 Å². The Hall–Kier alpha value is -0.340. The van der Waals surface area contributed by atoms with Gasteiger partial charge in [-0.3, -0.25) is 0 Å². The lowest BCUT2D eigenvalue weighted by molar-refractivity contribution is 0.325. The lowest BCUT2D eigenvalue weighted by Crippen LogP contribution is -2.27. The van der Waals surface area contributed by atoms with E-state index in [0.717, 1.165) is 10.4 Å². The number of benzene rings is 1. The minimum atomic E-state index is 0.464. The lowest BCUT2D eigenvalue weighted by Gasteiger charge is -2.26. The summed E-state index contributed by atoms with van der Waals surface area (Å²) in [7, 11) is 0. The van der Waals surface area contributed by atoms with Gasteiger partial charge in [0.05, 0.1) is 0 Å². The summed E-state index contributed by atoms with van der Waals surface area (Å²) in [5, 5.41) is 0. The second kappa shape index (κ2) is 5.13. The summed E-state index contributed by atoms with van der Waals surface area (Å²) >= 11 is 3.46. The van der Waals surface area contributed by atoms with E-state index in [2.05, 4.69) is 40.2 Å². The maximum atomic E-state index is 5.90. The molecule has 0 amide bonds. The Labute approximate surface area is 100 Å². The molecule has 2 N–H and O–H groups in total. The molecule has 0 spiro atoms. The van der Waals surface area contributed by atoms with Crippen LogP contribution in [0.3, 0.4) is 0 Å². The molecule has 0 saturated heterocycles. The number of halogens is 1. The highest BCUT2D eigenvalue weighted by atomic mass is 79.9. The van der Waals surface area contributed by atoms with Gasteiger partial charge in [0.1, 0.15) is 0 Å². The molecular formula is C13H18BrN. The van der Waals surface area contributed by atoms with Crippen molar-refractivity contribution in [2.45, 2.75) is 38.1 Å². The largest absolute Gasteiger partial charge is 0.328 e. The second-order valence-corrected chi connectivity index (χ2v) is 5.53. The molecule has 1 aliphatic rings. The van der Waals surface area contributed by atoms with Crippen LogP contribution in [0, 0.1) is 5.92 Å². The van der Waals surface area contributed by atoms with Crippen molar-refractivity contribution < 1.29 is 0 Å². The molecule has 15 heavy (non-hydrogen) atoms. The molecule has 1 fully saturated rings. The van der Waals surface area contributed by atoms with Crippen molar-refractivity contribution >= 4 is 15.9 Å². The van der Waals surface area contributed by atoms with Gasteiger partial charge < -0.3 is 5.73 Å². The number of nitrogens with two attached hydrogens (primary N) is 1. The van der Waals surface area contributed by atoms with Crippen molar-refractivity contribution in [2.24, 2.45) is 11.7 Å². The molecule has 0 unspecified atom stereocenters. The van der Waals surface area contributed by atoms with Crippen LogP contribution in [0.1, 0.15) is 31.2 Å². The topological polar surface area (TPSA) is 26.0 Å². The lowest BCUT2D eigenvalue weighted by atomic mass is 9.83. The first kappa shape index (κ1) is 11.2. The number of hydrogen-bond acceptors (Lipinski definition) is 1. The van der Waals surface area contributed by atoms with E-state index in [9.17, 15) is 0 Å². The van der Waals surface area contributed by atoms with Gasteiger partial charge in [-0.1, -0.05) is 28.1 Å². The highest BCUT2D eigenvalue weighted by Gasteiger charge is 2.18. The highest BCUT2D eigenvalue weighted by molar-refractivity contribution is 9.10. The van der Waals surface area contributed by atoms with Crippen molar-refractivity contribution in [3.8, 4) is 0 Å². The van der Waals surface area contributed by atoms with E-state index in [0.29, 0.717) is 6.04 Å². The summed E-state index contributed by atoms with van der Waals surface area (Å²) in [5.41, 5.74) is 7.36. The van der Waals surface area contributed by atoms with Crippen LogP contribution in [0.15, 0.2) is 28.7 Å². The number of rotatable bonds is 2. The summed E-state index contributed by atoms with van der Waals surface area (Å²) in [6.45, 7) is 0. The molecule has 0 radical (unpaired) electrons. The van der Waals surface area contributed by atoms with Gasteiger partial charge in [-0.15, -0.1) is 0 Å². The minimum absolute atomic E-state index is 0.464. The molecule has 1 aromatic carbocycles. The molecule has 0 bridgehead atoms. The Morgan fingerprint density at radius 1 is 1.07 bits per heavy atom. The van der Waals surface area contributed by atoms with Crippen LogP contribution < -0.4 is 5.73 Å². The molecule has 0 aromatic heterocycles. The van der Waals surface area contributed by atoms with Gasteiger partial charge in [-0.05, 0) is 55.7 Å². The molecule has 2 heteroatoms. The molecule has 0 atom stereocenters. The Morgan fingerprint density at radius 3 is 2.27 bits per heavy atom. The normalized spacial score (nSPS) is 26.5. The molecule has 82 valence electrons. The Balaban J connectivity index is 1.89. The SMILES string of the molecule is NC1CCC(Cc2ccc(Br)cc2)CC1. The van der Waals surface area contributed by atoms with Gasteiger partial charge in [-0.25, -0.2) is 0 Å². The average Bonchev–Trinajstić information content (AvgIpc) is 2.25. The van der Waals surface area contributed by atoms with Crippen molar-refractivity contribution in [3.05, 3.63) is 34.3 Å². The monoisotopic (exact) mass is 267 g/mol. The predicted molar refractivity (Wildman–Crippen MR) is 67.8 cm³/mol. The van der Waals surface area contributed by atoms with Gasteiger partial charge in [0.25, 0.3) is 0 Å². The summed E-state index contributed by atoms with van der Waals surface area (Å²) in [6, 6.07) is 9.16. The highest BCUT2D eigenvalue weighted by Crippen LogP contribution is 2.26. The fraction of sp³-hybridized carbons (Fsp3) is 0.538. The summed E-state index contributed by atoms with van der Waals surface area (Å²) in [5.74, 6) is 0.853.